The monoisotopic (exact) mass is 194 g/mol. The van der Waals surface area contributed by atoms with Gasteiger partial charge in [-0.2, -0.15) is 0 Å². The highest BCUT2D eigenvalue weighted by molar-refractivity contribution is 6.31. The Morgan fingerprint density at radius 1 is 1.31 bits per heavy atom. The molecule has 2 aromatic rings. The van der Waals surface area contributed by atoms with E-state index in [1.807, 2.05) is 0 Å². The number of aromatic nitrogens is 1. The molecule has 0 bridgehead atoms. The topological polar surface area (TPSA) is 58.9 Å². The summed E-state index contributed by atoms with van der Waals surface area (Å²) in [5, 5.41) is 1.37. The van der Waals surface area contributed by atoms with Crippen LogP contribution in [0.1, 0.15) is 0 Å². The summed E-state index contributed by atoms with van der Waals surface area (Å²) in [5.74, 6) is 0. The average Bonchev–Trinajstić information content (AvgIpc) is 2.06. The van der Waals surface area contributed by atoms with Gasteiger partial charge in [0.15, 0.2) is 0 Å². The Bertz CT molecular complexity index is 518. The van der Waals surface area contributed by atoms with Crippen LogP contribution in [0.5, 0.6) is 0 Å². The van der Waals surface area contributed by atoms with Crippen LogP contribution in [0, 0.1) is 0 Å². The minimum atomic E-state index is -0.202. The van der Waals surface area contributed by atoms with Gasteiger partial charge in [0.05, 0.1) is 5.52 Å². The predicted molar refractivity (Wildman–Crippen MR) is 54.0 cm³/mol. The van der Waals surface area contributed by atoms with E-state index in [1.165, 1.54) is 6.07 Å². The second-order valence-electron chi connectivity index (χ2n) is 2.78. The number of halogens is 1. The van der Waals surface area contributed by atoms with Crippen LogP contribution >= 0.6 is 11.6 Å². The number of nitrogens with one attached hydrogen (secondary N) is 1. The van der Waals surface area contributed by atoms with E-state index in [9.17, 15) is 4.79 Å². The number of fused-ring (bicyclic) bond motifs is 1. The van der Waals surface area contributed by atoms with E-state index in [1.54, 1.807) is 18.2 Å². The van der Waals surface area contributed by atoms with Gasteiger partial charge in [-0.25, -0.2) is 0 Å². The van der Waals surface area contributed by atoms with Gasteiger partial charge in [-0.15, -0.1) is 0 Å². The van der Waals surface area contributed by atoms with Crippen molar-refractivity contribution in [3.05, 3.63) is 39.6 Å². The van der Waals surface area contributed by atoms with Gasteiger partial charge in [0.25, 0.3) is 0 Å². The van der Waals surface area contributed by atoms with E-state index in [2.05, 4.69) is 4.98 Å². The molecule has 1 aromatic heterocycles. The summed E-state index contributed by atoms with van der Waals surface area (Å²) in [6, 6.07) is 6.51. The molecule has 0 atom stereocenters. The summed E-state index contributed by atoms with van der Waals surface area (Å²) in [4.78, 5) is 13.7. The molecule has 3 nitrogen and oxygen atoms in total. The number of hydrogen-bond donors (Lipinski definition) is 2. The lowest BCUT2D eigenvalue weighted by Gasteiger charge is -2.00. The molecular weight excluding hydrogens is 188 g/mol. The number of rotatable bonds is 0. The van der Waals surface area contributed by atoms with E-state index in [0.717, 1.165) is 5.39 Å². The third kappa shape index (κ3) is 1.38. The van der Waals surface area contributed by atoms with Crippen molar-refractivity contribution in [1.82, 2.24) is 4.98 Å². The molecule has 66 valence electrons. The summed E-state index contributed by atoms with van der Waals surface area (Å²) in [5.41, 5.74) is 6.59. The lowest BCUT2D eigenvalue weighted by Crippen LogP contribution is -2.05. The lowest BCUT2D eigenvalue weighted by molar-refractivity contribution is 1.31. The second kappa shape index (κ2) is 2.78. The highest BCUT2D eigenvalue weighted by Gasteiger charge is 1.99. The van der Waals surface area contributed by atoms with Crippen LogP contribution in [0.25, 0.3) is 10.9 Å². The molecule has 0 aliphatic carbocycles. The summed E-state index contributed by atoms with van der Waals surface area (Å²) in [6.07, 6.45) is 0. The van der Waals surface area contributed by atoms with Gasteiger partial charge in [-0.05, 0) is 18.2 Å². The molecule has 0 aliphatic rings. The van der Waals surface area contributed by atoms with Gasteiger partial charge in [0.1, 0.15) is 0 Å². The SMILES string of the molecule is Nc1cc(=O)[nH]c2ccc(Cl)cc12. The first-order valence-electron chi connectivity index (χ1n) is 3.75. The van der Waals surface area contributed by atoms with Crippen molar-refractivity contribution < 1.29 is 0 Å². The number of H-pyrrole nitrogens is 1. The highest BCUT2D eigenvalue weighted by atomic mass is 35.5. The molecule has 1 heterocycles. The molecule has 0 saturated heterocycles. The van der Waals surface area contributed by atoms with Crippen molar-refractivity contribution in [3.63, 3.8) is 0 Å². The molecule has 0 radical (unpaired) electrons. The zero-order valence-electron chi connectivity index (χ0n) is 6.67. The molecule has 0 spiro atoms. The number of anilines is 1. The van der Waals surface area contributed by atoms with Crippen molar-refractivity contribution in [3.8, 4) is 0 Å². The molecule has 0 aliphatic heterocycles. The largest absolute Gasteiger partial charge is 0.398 e. The number of aromatic amines is 1. The van der Waals surface area contributed by atoms with Crippen molar-refractivity contribution in [2.75, 3.05) is 5.73 Å². The van der Waals surface area contributed by atoms with Crippen LogP contribution in [-0.4, -0.2) is 4.98 Å². The maximum Gasteiger partial charge on any atom is 0.250 e. The number of hydrogen-bond acceptors (Lipinski definition) is 2. The molecule has 1 aromatic carbocycles. The maximum absolute atomic E-state index is 11.0. The van der Waals surface area contributed by atoms with Crippen molar-refractivity contribution in [1.29, 1.82) is 0 Å². The molecular formula is C9H7ClN2O. The fraction of sp³-hybridized carbons (Fsp3) is 0. The van der Waals surface area contributed by atoms with Crippen molar-refractivity contribution >= 4 is 28.2 Å². The average molecular weight is 195 g/mol. The first-order chi connectivity index (χ1) is 6.16. The summed E-state index contributed by atoms with van der Waals surface area (Å²) >= 11 is 5.78. The molecule has 2 rings (SSSR count). The van der Waals surface area contributed by atoms with Crippen LogP contribution in [0.15, 0.2) is 29.1 Å². The Kier molecular flexibility index (Phi) is 1.74. The minimum Gasteiger partial charge on any atom is -0.398 e. The van der Waals surface area contributed by atoms with Gasteiger partial charge >= 0.3 is 0 Å². The smallest absolute Gasteiger partial charge is 0.250 e. The van der Waals surface area contributed by atoms with Gasteiger partial charge in [-0.1, -0.05) is 11.6 Å². The normalized spacial score (nSPS) is 10.5. The quantitative estimate of drug-likeness (QED) is 0.672. The number of nitrogens with two attached hydrogens (primary N) is 1. The van der Waals surface area contributed by atoms with E-state index in [0.29, 0.717) is 16.2 Å². The molecule has 0 fully saturated rings. The lowest BCUT2D eigenvalue weighted by atomic mass is 10.2. The molecule has 13 heavy (non-hydrogen) atoms. The Balaban J connectivity index is 2.95. The van der Waals surface area contributed by atoms with Gasteiger partial charge in [-0.3, -0.25) is 4.79 Å². The summed E-state index contributed by atoms with van der Waals surface area (Å²) in [7, 11) is 0. The van der Waals surface area contributed by atoms with Gasteiger partial charge < -0.3 is 10.7 Å². The fourth-order valence-corrected chi connectivity index (χ4v) is 1.42. The van der Waals surface area contributed by atoms with E-state index < -0.39 is 0 Å². The second-order valence-corrected chi connectivity index (χ2v) is 3.22. The third-order valence-corrected chi connectivity index (χ3v) is 2.07. The van der Waals surface area contributed by atoms with E-state index in [4.69, 9.17) is 17.3 Å². The minimum absolute atomic E-state index is 0.202. The Morgan fingerprint density at radius 3 is 2.85 bits per heavy atom. The van der Waals surface area contributed by atoms with Crippen LogP contribution in [-0.2, 0) is 0 Å². The standard InChI is InChI=1S/C9H7ClN2O/c10-5-1-2-8-6(3-5)7(11)4-9(13)12-8/h1-4H,(H3,11,12,13). The molecule has 0 saturated carbocycles. The summed E-state index contributed by atoms with van der Waals surface area (Å²) in [6.45, 7) is 0. The Morgan fingerprint density at radius 2 is 2.08 bits per heavy atom. The van der Waals surface area contributed by atoms with E-state index in [-0.39, 0.29) is 5.56 Å². The number of nitrogen functional groups attached to an aromatic ring is 1. The predicted octanol–water partition coefficient (Wildman–Crippen LogP) is 1.76. The van der Waals surface area contributed by atoms with Crippen molar-refractivity contribution in [2.45, 2.75) is 0 Å². The van der Waals surface area contributed by atoms with Gasteiger partial charge in [0, 0.05) is 22.2 Å². The first kappa shape index (κ1) is 8.13. The molecule has 0 unspecified atom stereocenters. The molecule has 4 heteroatoms. The fourth-order valence-electron chi connectivity index (χ4n) is 1.25. The number of pyridine rings is 1. The van der Waals surface area contributed by atoms with E-state index >= 15 is 0 Å². The summed E-state index contributed by atoms with van der Waals surface area (Å²) < 4.78 is 0. The van der Waals surface area contributed by atoms with Crippen LogP contribution in [0.2, 0.25) is 5.02 Å². The zero-order valence-corrected chi connectivity index (χ0v) is 7.43. The zero-order chi connectivity index (χ0) is 9.42. The Labute approximate surface area is 79.1 Å². The van der Waals surface area contributed by atoms with Gasteiger partial charge in [0.2, 0.25) is 5.56 Å². The van der Waals surface area contributed by atoms with Crippen LogP contribution < -0.4 is 11.3 Å². The first-order valence-corrected chi connectivity index (χ1v) is 4.13. The third-order valence-electron chi connectivity index (χ3n) is 1.84. The molecule has 3 N–H and O–H groups in total. The number of benzene rings is 1. The van der Waals surface area contributed by atoms with Crippen LogP contribution in [0.3, 0.4) is 0 Å². The Hall–Kier alpha value is -1.48. The van der Waals surface area contributed by atoms with Crippen molar-refractivity contribution in [2.24, 2.45) is 0 Å². The highest BCUT2D eigenvalue weighted by Crippen LogP contribution is 2.20. The maximum atomic E-state index is 11.0. The molecule has 0 amide bonds. The van der Waals surface area contributed by atoms with Crippen LogP contribution in [0.4, 0.5) is 5.69 Å².